The van der Waals surface area contributed by atoms with E-state index in [-0.39, 0.29) is 0 Å². The number of aryl methyl sites for hydroxylation is 2. The molecule has 1 aromatic heterocycles. The van der Waals surface area contributed by atoms with E-state index in [9.17, 15) is 14.4 Å². The van der Waals surface area contributed by atoms with Gasteiger partial charge in [0.1, 0.15) is 5.56 Å². The maximum atomic E-state index is 12.4. The third kappa shape index (κ3) is 5.67. The van der Waals surface area contributed by atoms with E-state index < -0.39 is 24.5 Å². The molecular formula is C20H26N4O4. The molecule has 8 heteroatoms. The number of carbonyl (C=O) groups is 3. The van der Waals surface area contributed by atoms with Gasteiger partial charge in [-0.1, -0.05) is 36.8 Å². The molecule has 0 spiro atoms. The standard InChI is InChI=1S/C20H26N4O4/c1-5-10-21-20(27)22-17(25)12-28-19(26)18-14(3)23-24(15(18)4)11-16-8-6-13(2)7-9-16/h6-9H,5,10-12H2,1-4H3,(H2,21,22,25,27). The predicted molar refractivity (Wildman–Crippen MR) is 104 cm³/mol. The van der Waals surface area contributed by atoms with Crippen molar-refractivity contribution in [3.8, 4) is 0 Å². The topological polar surface area (TPSA) is 102 Å². The molecular weight excluding hydrogens is 360 g/mol. The summed E-state index contributed by atoms with van der Waals surface area (Å²) in [5, 5.41) is 9.02. The largest absolute Gasteiger partial charge is 0.452 e. The second-order valence-corrected chi connectivity index (χ2v) is 6.57. The molecule has 1 aromatic carbocycles. The number of amides is 3. The number of aromatic nitrogens is 2. The Kier molecular flexibility index (Phi) is 7.31. The number of urea groups is 1. The predicted octanol–water partition coefficient (Wildman–Crippen LogP) is 2.25. The van der Waals surface area contributed by atoms with Crippen LogP contribution >= 0.6 is 0 Å². The molecule has 8 nitrogen and oxygen atoms in total. The Morgan fingerprint density at radius 2 is 1.79 bits per heavy atom. The minimum absolute atomic E-state index is 0.329. The van der Waals surface area contributed by atoms with Crippen molar-refractivity contribution in [2.24, 2.45) is 0 Å². The number of esters is 1. The maximum Gasteiger partial charge on any atom is 0.342 e. The summed E-state index contributed by atoms with van der Waals surface area (Å²) in [6, 6.07) is 7.45. The Morgan fingerprint density at radius 3 is 2.43 bits per heavy atom. The molecule has 1 heterocycles. The van der Waals surface area contributed by atoms with Crippen molar-refractivity contribution < 1.29 is 19.1 Å². The van der Waals surface area contributed by atoms with Gasteiger partial charge in [0.15, 0.2) is 6.61 Å². The molecule has 28 heavy (non-hydrogen) atoms. The molecule has 0 fully saturated rings. The van der Waals surface area contributed by atoms with E-state index in [1.165, 1.54) is 5.56 Å². The second-order valence-electron chi connectivity index (χ2n) is 6.57. The lowest BCUT2D eigenvalue weighted by molar-refractivity contribution is -0.123. The lowest BCUT2D eigenvalue weighted by atomic mass is 10.1. The quantitative estimate of drug-likeness (QED) is 0.711. The first-order chi connectivity index (χ1) is 13.3. The highest BCUT2D eigenvalue weighted by atomic mass is 16.5. The molecule has 2 rings (SSSR count). The summed E-state index contributed by atoms with van der Waals surface area (Å²) < 4.78 is 6.78. The average Bonchev–Trinajstić information content (AvgIpc) is 2.93. The van der Waals surface area contributed by atoms with Gasteiger partial charge in [0.2, 0.25) is 0 Å². The van der Waals surface area contributed by atoms with Crippen LogP contribution in [0.4, 0.5) is 4.79 Å². The van der Waals surface area contributed by atoms with Gasteiger partial charge in [-0.15, -0.1) is 0 Å². The first kappa shape index (κ1) is 21.1. The van der Waals surface area contributed by atoms with Gasteiger partial charge in [-0.25, -0.2) is 9.59 Å². The van der Waals surface area contributed by atoms with Crippen molar-refractivity contribution in [1.29, 1.82) is 0 Å². The Balaban J connectivity index is 1.98. The molecule has 0 aliphatic carbocycles. The first-order valence-corrected chi connectivity index (χ1v) is 9.16. The fourth-order valence-electron chi connectivity index (χ4n) is 2.66. The molecule has 3 amide bonds. The highest BCUT2D eigenvalue weighted by Gasteiger charge is 2.21. The normalized spacial score (nSPS) is 10.4. The van der Waals surface area contributed by atoms with E-state index in [2.05, 4.69) is 15.7 Å². The fraction of sp³-hybridized carbons (Fsp3) is 0.400. The molecule has 150 valence electrons. The molecule has 0 saturated carbocycles. The molecule has 0 aliphatic rings. The molecule has 0 radical (unpaired) electrons. The zero-order valence-corrected chi connectivity index (χ0v) is 16.7. The summed E-state index contributed by atoms with van der Waals surface area (Å²) in [5.74, 6) is -1.33. The third-order valence-electron chi connectivity index (χ3n) is 4.16. The van der Waals surface area contributed by atoms with Crippen molar-refractivity contribution in [2.45, 2.75) is 40.7 Å². The second kappa shape index (κ2) is 9.68. The monoisotopic (exact) mass is 386 g/mol. The van der Waals surface area contributed by atoms with Gasteiger partial charge in [0, 0.05) is 6.54 Å². The van der Waals surface area contributed by atoms with Gasteiger partial charge < -0.3 is 10.1 Å². The van der Waals surface area contributed by atoms with E-state index in [4.69, 9.17) is 4.74 Å². The number of hydrogen-bond acceptors (Lipinski definition) is 5. The number of ether oxygens (including phenoxy) is 1. The van der Waals surface area contributed by atoms with Crippen LogP contribution in [0.5, 0.6) is 0 Å². The van der Waals surface area contributed by atoms with E-state index in [1.54, 1.807) is 18.5 Å². The fourth-order valence-corrected chi connectivity index (χ4v) is 2.66. The van der Waals surface area contributed by atoms with Crippen molar-refractivity contribution in [3.63, 3.8) is 0 Å². The van der Waals surface area contributed by atoms with Gasteiger partial charge in [0.05, 0.1) is 17.9 Å². The van der Waals surface area contributed by atoms with E-state index in [0.29, 0.717) is 30.0 Å². The van der Waals surface area contributed by atoms with Crippen molar-refractivity contribution >= 4 is 17.9 Å². The number of nitrogens with one attached hydrogen (secondary N) is 2. The van der Waals surface area contributed by atoms with Gasteiger partial charge >= 0.3 is 12.0 Å². The zero-order chi connectivity index (χ0) is 20.7. The van der Waals surface area contributed by atoms with Crippen LogP contribution in [-0.4, -0.2) is 40.8 Å². The van der Waals surface area contributed by atoms with Crippen LogP contribution < -0.4 is 10.6 Å². The number of nitrogens with zero attached hydrogens (tertiary/aromatic N) is 2. The Hall–Kier alpha value is -3.16. The minimum atomic E-state index is -0.690. The van der Waals surface area contributed by atoms with E-state index >= 15 is 0 Å². The first-order valence-electron chi connectivity index (χ1n) is 9.16. The maximum absolute atomic E-state index is 12.4. The van der Waals surface area contributed by atoms with Crippen LogP contribution in [-0.2, 0) is 16.1 Å². The zero-order valence-electron chi connectivity index (χ0n) is 16.7. The van der Waals surface area contributed by atoms with Crippen molar-refractivity contribution in [2.75, 3.05) is 13.2 Å². The highest BCUT2D eigenvalue weighted by molar-refractivity contribution is 5.97. The summed E-state index contributed by atoms with van der Waals surface area (Å²) in [7, 11) is 0. The molecule has 0 saturated heterocycles. The Bertz CT molecular complexity index is 856. The molecule has 0 atom stereocenters. The number of imide groups is 1. The minimum Gasteiger partial charge on any atom is -0.452 e. The van der Waals surface area contributed by atoms with Crippen molar-refractivity contribution in [3.05, 3.63) is 52.3 Å². The van der Waals surface area contributed by atoms with Crippen LogP contribution in [0.1, 0.15) is 46.2 Å². The number of benzene rings is 1. The number of rotatable bonds is 7. The van der Waals surface area contributed by atoms with Crippen LogP contribution in [0.25, 0.3) is 0 Å². The summed E-state index contributed by atoms with van der Waals surface area (Å²) in [6.45, 7) is 7.85. The summed E-state index contributed by atoms with van der Waals surface area (Å²) in [4.78, 5) is 35.6. The van der Waals surface area contributed by atoms with Gasteiger partial charge in [-0.2, -0.15) is 5.10 Å². The molecule has 0 bridgehead atoms. The highest BCUT2D eigenvalue weighted by Crippen LogP contribution is 2.16. The van der Waals surface area contributed by atoms with Gasteiger partial charge in [-0.3, -0.25) is 14.8 Å². The lowest BCUT2D eigenvalue weighted by Crippen LogP contribution is -2.41. The van der Waals surface area contributed by atoms with Crippen LogP contribution in [0.2, 0.25) is 0 Å². The van der Waals surface area contributed by atoms with Gasteiger partial charge in [0.25, 0.3) is 5.91 Å². The summed E-state index contributed by atoms with van der Waals surface area (Å²) >= 11 is 0. The smallest absolute Gasteiger partial charge is 0.342 e. The van der Waals surface area contributed by atoms with Crippen molar-refractivity contribution in [1.82, 2.24) is 20.4 Å². The SMILES string of the molecule is CCCNC(=O)NC(=O)COC(=O)c1c(C)nn(Cc2ccc(C)cc2)c1C. The molecule has 0 unspecified atom stereocenters. The van der Waals surface area contributed by atoms with Gasteiger partial charge in [-0.05, 0) is 32.8 Å². The molecule has 0 aliphatic heterocycles. The Morgan fingerprint density at radius 1 is 1.11 bits per heavy atom. The molecule has 2 N–H and O–H groups in total. The number of hydrogen-bond donors (Lipinski definition) is 2. The van der Waals surface area contributed by atoms with E-state index in [1.807, 2.05) is 38.1 Å². The third-order valence-corrected chi connectivity index (χ3v) is 4.16. The van der Waals surface area contributed by atoms with E-state index in [0.717, 1.165) is 12.0 Å². The van der Waals surface area contributed by atoms with Crippen LogP contribution in [0.15, 0.2) is 24.3 Å². The average molecular weight is 386 g/mol. The van der Waals surface area contributed by atoms with Crippen LogP contribution in [0.3, 0.4) is 0 Å². The molecule has 2 aromatic rings. The lowest BCUT2D eigenvalue weighted by Gasteiger charge is -2.08. The van der Waals surface area contributed by atoms with Crippen LogP contribution in [0, 0.1) is 20.8 Å². The summed E-state index contributed by atoms with van der Waals surface area (Å²) in [5.41, 5.74) is 3.74. The number of carbonyl (C=O) groups excluding carboxylic acids is 3. The summed E-state index contributed by atoms with van der Waals surface area (Å²) in [6.07, 6.45) is 0.752. The Labute approximate surface area is 164 Å².